The Morgan fingerprint density at radius 3 is 1.32 bits per heavy atom. The van der Waals surface area contributed by atoms with Crippen LogP contribution in [0.1, 0.15) is 52.7 Å². The van der Waals surface area contributed by atoms with E-state index in [-0.39, 0.29) is 0 Å². The maximum absolute atomic E-state index is 3.98. The van der Waals surface area contributed by atoms with Crippen LogP contribution in [0.25, 0.3) is 43.1 Å². The van der Waals surface area contributed by atoms with Crippen LogP contribution in [0.2, 0.25) is 0 Å². The molecule has 0 heterocycles. The standard InChI is InChI=1S/C39H38S/c1-8-9-10-11-20-34-36-23-30-16-12-14-18-32(30)25-38(36)35(21-22-40(27(2)3,28(4)5)29(6)7)39-26-33-19-15-13-17-31(33)24-37(34)39/h8-10,12-19,23-29H,1H2,2-7H3/b10-9+. The molecule has 200 valence electrons. The minimum absolute atomic E-state index is 0.515. The Kier molecular flexibility index (Phi) is 7.81. The Hall–Kier alpha value is -3.91. The molecular weight excluding hydrogens is 500 g/mol. The zero-order valence-corrected chi connectivity index (χ0v) is 25.3. The second-order valence-corrected chi connectivity index (χ2v) is 15.8. The van der Waals surface area contributed by atoms with Gasteiger partial charge in [-0.25, -0.2) is 0 Å². The summed E-state index contributed by atoms with van der Waals surface area (Å²) >= 11 is 0. The normalized spacial score (nSPS) is 12.4. The fourth-order valence-electron chi connectivity index (χ4n) is 6.22. The molecule has 0 atom stereocenters. The van der Waals surface area contributed by atoms with Crippen LogP contribution in [0, 0.1) is 23.0 Å². The smallest absolute Gasteiger partial charge is 0.0411 e. The molecule has 0 fully saturated rings. The highest BCUT2D eigenvalue weighted by Crippen LogP contribution is 2.59. The van der Waals surface area contributed by atoms with Crippen LogP contribution >= 0.6 is 10.0 Å². The van der Waals surface area contributed by atoms with Crippen molar-refractivity contribution in [1.82, 2.24) is 0 Å². The molecule has 0 unspecified atom stereocenters. The van der Waals surface area contributed by atoms with E-state index < -0.39 is 10.0 Å². The van der Waals surface area contributed by atoms with E-state index in [2.05, 4.69) is 144 Å². The lowest BCUT2D eigenvalue weighted by atomic mass is 9.89. The van der Waals surface area contributed by atoms with E-state index >= 15 is 0 Å². The second-order valence-electron chi connectivity index (χ2n) is 11.2. The Labute approximate surface area is 241 Å². The second kappa shape index (κ2) is 11.3. The van der Waals surface area contributed by atoms with Gasteiger partial charge in [-0.1, -0.05) is 127 Å². The predicted molar refractivity (Wildman–Crippen MR) is 183 cm³/mol. The molecule has 0 nitrogen and oxygen atoms in total. The zero-order valence-electron chi connectivity index (χ0n) is 24.5. The monoisotopic (exact) mass is 538 g/mol. The van der Waals surface area contributed by atoms with Gasteiger partial charge >= 0.3 is 0 Å². The molecule has 0 aromatic heterocycles. The van der Waals surface area contributed by atoms with Gasteiger partial charge in [0.25, 0.3) is 0 Å². The van der Waals surface area contributed by atoms with Crippen molar-refractivity contribution in [2.24, 2.45) is 0 Å². The third kappa shape index (κ3) is 4.81. The summed E-state index contributed by atoms with van der Waals surface area (Å²) in [5.41, 5.74) is 2.17. The van der Waals surface area contributed by atoms with Gasteiger partial charge in [-0.2, -0.15) is 10.0 Å². The summed E-state index contributed by atoms with van der Waals surface area (Å²) in [4.78, 5) is 0. The molecule has 5 aromatic rings. The summed E-state index contributed by atoms with van der Waals surface area (Å²) in [6.45, 7) is 17.9. The molecule has 0 saturated carbocycles. The van der Waals surface area contributed by atoms with E-state index in [0.29, 0.717) is 15.7 Å². The van der Waals surface area contributed by atoms with Crippen LogP contribution in [0.4, 0.5) is 0 Å². The number of benzene rings is 5. The fraction of sp³-hybridized carbons (Fsp3) is 0.231. The van der Waals surface area contributed by atoms with E-state index in [1.807, 2.05) is 12.2 Å². The highest BCUT2D eigenvalue weighted by molar-refractivity contribution is 8.38. The third-order valence-corrected chi connectivity index (χ3v) is 13.2. The van der Waals surface area contributed by atoms with Crippen LogP contribution in [-0.2, 0) is 0 Å². The van der Waals surface area contributed by atoms with Gasteiger partial charge in [0.15, 0.2) is 0 Å². The van der Waals surface area contributed by atoms with Crippen molar-refractivity contribution in [2.45, 2.75) is 57.3 Å². The molecular formula is C39H38S. The predicted octanol–water partition coefficient (Wildman–Crippen LogP) is 10.7. The number of hydrogen-bond donors (Lipinski definition) is 0. The van der Waals surface area contributed by atoms with E-state index in [4.69, 9.17) is 0 Å². The molecule has 0 amide bonds. The molecule has 0 radical (unpaired) electrons. The lowest BCUT2D eigenvalue weighted by molar-refractivity contribution is 0.959. The van der Waals surface area contributed by atoms with Gasteiger partial charge in [0.2, 0.25) is 0 Å². The van der Waals surface area contributed by atoms with Gasteiger partial charge in [0, 0.05) is 11.1 Å². The van der Waals surface area contributed by atoms with Crippen LogP contribution in [-0.4, -0.2) is 15.7 Å². The third-order valence-electron chi connectivity index (χ3n) is 8.05. The first-order valence-corrected chi connectivity index (χ1v) is 16.0. The van der Waals surface area contributed by atoms with Crippen LogP contribution in [0.3, 0.4) is 0 Å². The number of rotatable bonds is 4. The number of fused-ring (bicyclic) bond motifs is 4. The lowest BCUT2D eigenvalue weighted by Crippen LogP contribution is -2.27. The molecule has 0 aliphatic carbocycles. The average molecular weight is 539 g/mol. The topological polar surface area (TPSA) is 0 Å². The minimum atomic E-state index is -1.21. The van der Waals surface area contributed by atoms with Crippen molar-refractivity contribution in [2.75, 3.05) is 0 Å². The van der Waals surface area contributed by atoms with Gasteiger partial charge in [0.05, 0.1) is 0 Å². The van der Waals surface area contributed by atoms with Crippen LogP contribution in [0.5, 0.6) is 0 Å². The molecule has 0 N–H and O–H groups in total. The highest BCUT2D eigenvalue weighted by Gasteiger charge is 2.33. The van der Waals surface area contributed by atoms with Gasteiger partial charge in [-0.05, 0) is 94.4 Å². The first kappa shape index (κ1) is 27.6. The Morgan fingerprint density at radius 1 is 0.600 bits per heavy atom. The molecule has 0 aliphatic rings. The number of hydrogen-bond acceptors (Lipinski definition) is 0. The van der Waals surface area contributed by atoms with Crippen LogP contribution < -0.4 is 0 Å². The Morgan fingerprint density at radius 2 is 0.975 bits per heavy atom. The molecule has 0 bridgehead atoms. The van der Waals surface area contributed by atoms with E-state index in [1.54, 1.807) is 6.08 Å². The SMILES string of the molecule is C=C/C=C/C#Cc1c2cc3ccccc3cc2c(C#CS(C(C)C)(C(C)C)C(C)C)c2cc3ccccc3cc12. The lowest BCUT2D eigenvalue weighted by Gasteiger charge is -2.46. The van der Waals surface area contributed by atoms with E-state index in [0.717, 1.165) is 21.9 Å². The molecule has 5 aromatic carbocycles. The zero-order chi connectivity index (χ0) is 28.4. The van der Waals surface area contributed by atoms with Gasteiger partial charge < -0.3 is 0 Å². The van der Waals surface area contributed by atoms with E-state index in [9.17, 15) is 0 Å². The summed E-state index contributed by atoms with van der Waals surface area (Å²) in [6.07, 6.45) is 5.51. The average Bonchev–Trinajstić information content (AvgIpc) is 2.93. The molecule has 0 aliphatic heterocycles. The first-order chi connectivity index (χ1) is 19.3. The van der Waals surface area contributed by atoms with Crippen molar-refractivity contribution in [3.63, 3.8) is 0 Å². The fourth-order valence-corrected chi connectivity index (χ4v) is 10.5. The van der Waals surface area contributed by atoms with Crippen molar-refractivity contribution < 1.29 is 0 Å². The van der Waals surface area contributed by atoms with Gasteiger partial charge in [0.1, 0.15) is 0 Å². The van der Waals surface area contributed by atoms with E-state index in [1.165, 1.54) is 32.3 Å². The molecule has 40 heavy (non-hydrogen) atoms. The Bertz CT molecular complexity index is 1790. The summed E-state index contributed by atoms with van der Waals surface area (Å²) in [5.74, 6) is 10.7. The van der Waals surface area contributed by atoms with Crippen LogP contribution in [0.15, 0.2) is 97.6 Å². The summed E-state index contributed by atoms with van der Waals surface area (Å²) in [7, 11) is -1.21. The summed E-state index contributed by atoms with van der Waals surface area (Å²) in [5, 5.41) is 15.1. The van der Waals surface area contributed by atoms with Crippen molar-refractivity contribution in [3.8, 4) is 23.0 Å². The van der Waals surface area contributed by atoms with Gasteiger partial charge in [-0.3, -0.25) is 0 Å². The van der Waals surface area contributed by atoms with Crippen molar-refractivity contribution >= 4 is 53.1 Å². The summed E-state index contributed by atoms with van der Waals surface area (Å²) in [6, 6.07) is 26.5. The molecule has 5 rings (SSSR count). The number of allylic oxidation sites excluding steroid dienone is 3. The quantitative estimate of drug-likeness (QED) is 0.121. The maximum Gasteiger partial charge on any atom is 0.0411 e. The largest absolute Gasteiger partial charge is 0.170 e. The van der Waals surface area contributed by atoms with Gasteiger partial charge in [-0.15, -0.1) is 0 Å². The highest BCUT2D eigenvalue weighted by atomic mass is 32.3. The molecule has 0 spiro atoms. The molecule has 1 heteroatoms. The van der Waals surface area contributed by atoms with Crippen molar-refractivity contribution in [3.05, 3.63) is 109 Å². The molecule has 0 saturated heterocycles. The summed E-state index contributed by atoms with van der Waals surface area (Å²) < 4.78 is 0. The maximum atomic E-state index is 3.98. The first-order valence-electron chi connectivity index (χ1n) is 14.2. The minimum Gasteiger partial charge on any atom is -0.170 e. The van der Waals surface area contributed by atoms with Crippen molar-refractivity contribution in [1.29, 1.82) is 0 Å². The Balaban J connectivity index is 2.00.